The standard InChI is InChI=1S/C11H15BrO/c1-13-9-11(8-12)7-10-5-3-2-4-6-10/h2-6,11H,7-9H2,1H3. The van der Waals surface area contributed by atoms with Crippen LogP contribution in [0.4, 0.5) is 0 Å². The van der Waals surface area contributed by atoms with Gasteiger partial charge in [-0.3, -0.25) is 0 Å². The van der Waals surface area contributed by atoms with Crippen LogP contribution in [-0.4, -0.2) is 19.0 Å². The van der Waals surface area contributed by atoms with Gasteiger partial charge in [0.05, 0.1) is 6.61 Å². The quantitative estimate of drug-likeness (QED) is 0.722. The lowest BCUT2D eigenvalue weighted by Gasteiger charge is -2.12. The number of methoxy groups -OCH3 is 1. The van der Waals surface area contributed by atoms with Gasteiger partial charge < -0.3 is 4.74 Å². The molecule has 1 atom stereocenters. The highest BCUT2D eigenvalue weighted by Gasteiger charge is 2.06. The minimum absolute atomic E-state index is 0.576. The lowest BCUT2D eigenvalue weighted by Crippen LogP contribution is -2.12. The van der Waals surface area contributed by atoms with E-state index in [0.717, 1.165) is 18.4 Å². The van der Waals surface area contributed by atoms with Gasteiger partial charge in [0.2, 0.25) is 0 Å². The largest absolute Gasteiger partial charge is 0.384 e. The Hall–Kier alpha value is -0.340. The summed E-state index contributed by atoms with van der Waals surface area (Å²) in [5.74, 6) is 0.576. The van der Waals surface area contributed by atoms with Crippen LogP contribution in [-0.2, 0) is 11.2 Å². The molecule has 1 nitrogen and oxygen atoms in total. The Morgan fingerprint density at radius 2 is 2.00 bits per heavy atom. The predicted molar refractivity (Wildman–Crippen MR) is 59.3 cm³/mol. The van der Waals surface area contributed by atoms with Gasteiger partial charge in [0.25, 0.3) is 0 Å². The molecule has 0 spiro atoms. The zero-order valence-corrected chi connectivity index (χ0v) is 9.46. The van der Waals surface area contributed by atoms with Crippen molar-refractivity contribution in [3.63, 3.8) is 0 Å². The summed E-state index contributed by atoms with van der Waals surface area (Å²) in [7, 11) is 1.75. The highest BCUT2D eigenvalue weighted by molar-refractivity contribution is 9.09. The summed E-state index contributed by atoms with van der Waals surface area (Å²) in [5.41, 5.74) is 1.38. The molecule has 1 aromatic rings. The van der Waals surface area contributed by atoms with Crippen molar-refractivity contribution in [2.75, 3.05) is 19.0 Å². The van der Waals surface area contributed by atoms with E-state index in [4.69, 9.17) is 4.74 Å². The summed E-state index contributed by atoms with van der Waals surface area (Å²) in [5, 5.41) is 0.996. The third-order valence-corrected chi connectivity index (χ3v) is 2.90. The van der Waals surface area contributed by atoms with Crippen LogP contribution in [0.2, 0.25) is 0 Å². The Labute approximate surface area is 88.2 Å². The van der Waals surface area contributed by atoms with Gasteiger partial charge in [-0.15, -0.1) is 0 Å². The van der Waals surface area contributed by atoms with Gasteiger partial charge in [-0.2, -0.15) is 0 Å². The molecule has 2 heteroatoms. The second kappa shape index (κ2) is 6.17. The molecule has 1 aromatic carbocycles. The average Bonchev–Trinajstić information content (AvgIpc) is 2.19. The van der Waals surface area contributed by atoms with E-state index in [1.54, 1.807) is 7.11 Å². The highest BCUT2D eigenvalue weighted by atomic mass is 79.9. The summed E-state index contributed by atoms with van der Waals surface area (Å²) >= 11 is 3.49. The van der Waals surface area contributed by atoms with E-state index in [9.17, 15) is 0 Å². The van der Waals surface area contributed by atoms with Crippen molar-refractivity contribution in [3.8, 4) is 0 Å². The first-order valence-electron chi connectivity index (χ1n) is 4.45. The van der Waals surface area contributed by atoms with E-state index < -0.39 is 0 Å². The van der Waals surface area contributed by atoms with Gasteiger partial charge in [-0.25, -0.2) is 0 Å². The topological polar surface area (TPSA) is 9.23 Å². The van der Waals surface area contributed by atoms with E-state index in [1.165, 1.54) is 5.56 Å². The molecule has 0 saturated heterocycles. The predicted octanol–water partition coefficient (Wildman–Crippen LogP) is 2.89. The van der Waals surface area contributed by atoms with Crippen molar-refractivity contribution in [3.05, 3.63) is 35.9 Å². The number of benzene rings is 1. The fourth-order valence-corrected chi connectivity index (χ4v) is 1.76. The van der Waals surface area contributed by atoms with Crippen molar-refractivity contribution in [2.45, 2.75) is 6.42 Å². The fraction of sp³-hybridized carbons (Fsp3) is 0.455. The van der Waals surface area contributed by atoms with E-state index in [0.29, 0.717) is 5.92 Å². The number of halogens is 1. The molecule has 72 valence electrons. The maximum atomic E-state index is 5.14. The van der Waals surface area contributed by atoms with Gasteiger partial charge >= 0.3 is 0 Å². The van der Waals surface area contributed by atoms with Crippen LogP contribution in [0.25, 0.3) is 0 Å². The lowest BCUT2D eigenvalue weighted by atomic mass is 10.0. The number of alkyl halides is 1. The first kappa shape index (κ1) is 10.7. The third-order valence-electron chi connectivity index (χ3n) is 1.99. The zero-order valence-electron chi connectivity index (χ0n) is 7.87. The SMILES string of the molecule is COCC(CBr)Cc1ccccc1. The van der Waals surface area contributed by atoms with Crippen molar-refractivity contribution < 1.29 is 4.74 Å². The molecule has 0 aliphatic carbocycles. The minimum atomic E-state index is 0.576. The first-order chi connectivity index (χ1) is 6.36. The van der Waals surface area contributed by atoms with Crippen molar-refractivity contribution >= 4 is 15.9 Å². The van der Waals surface area contributed by atoms with Gasteiger partial charge in [-0.05, 0) is 17.9 Å². The zero-order chi connectivity index (χ0) is 9.52. The normalized spacial score (nSPS) is 12.8. The molecule has 1 unspecified atom stereocenters. The molecule has 0 N–H and O–H groups in total. The van der Waals surface area contributed by atoms with Crippen LogP contribution in [0.3, 0.4) is 0 Å². The van der Waals surface area contributed by atoms with Crippen molar-refractivity contribution in [1.82, 2.24) is 0 Å². The minimum Gasteiger partial charge on any atom is -0.384 e. The average molecular weight is 243 g/mol. The summed E-state index contributed by atoms with van der Waals surface area (Å²) in [6.45, 7) is 0.820. The van der Waals surface area contributed by atoms with Crippen LogP contribution in [0.15, 0.2) is 30.3 Å². The maximum Gasteiger partial charge on any atom is 0.0501 e. The molecule has 0 aliphatic heterocycles. The smallest absolute Gasteiger partial charge is 0.0501 e. The summed E-state index contributed by atoms with van der Waals surface area (Å²) in [6.07, 6.45) is 1.08. The van der Waals surface area contributed by atoms with E-state index in [2.05, 4.69) is 40.2 Å². The van der Waals surface area contributed by atoms with Gasteiger partial charge in [0.1, 0.15) is 0 Å². The molecule has 0 heterocycles. The van der Waals surface area contributed by atoms with Crippen molar-refractivity contribution in [1.29, 1.82) is 0 Å². The lowest BCUT2D eigenvalue weighted by molar-refractivity contribution is 0.162. The fourth-order valence-electron chi connectivity index (χ4n) is 1.34. The van der Waals surface area contributed by atoms with Crippen LogP contribution in [0.1, 0.15) is 5.56 Å². The number of ether oxygens (including phenoxy) is 1. The first-order valence-corrected chi connectivity index (χ1v) is 5.57. The molecule has 0 aromatic heterocycles. The van der Waals surface area contributed by atoms with Gasteiger partial charge in [0.15, 0.2) is 0 Å². The van der Waals surface area contributed by atoms with Gasteiger partial charge in [0, 0.05) is 12.4 Å². The summed E-state index contributed by atoms with van der Waals surface area (Å²) in [4.78, 5) is 0. The Morgan fingerprint density at radius 1 is 1.31 bits per heavy atom. The highest BCUT2D eigenvalue weighted by Crippen LogP contribution is 2.11. The number of hydrogen-bond donors (Lipinski definition) is 0. The van der Waals surface area contributed by atoms with E-state index in [-0.39, 0.29) is 0 Å². The molecular formula is C11H15BrO. The molecule has 13 heavy (non-hydrogen) atoms. The van der Waals surface area contributed by atoms with Crippen LogP contribution in [0.5, 0.6) is 0 Å². The second-order valence-electron chi connectivity index (χ2n) is 3.17. The van der Waals surface area contributed by atoms with Crippen LogP contribution in [0, 0.1) is 5.92 Å². The third kappa shape index (κ3) is 3.92. The number of hydrogen-bond acceptors (Lipinski definition) is 1. The Balaban J connectivity index is 2.46. The second-order valence-corrected chi connectivity index (χ2v) is 3.81. The molecule has 0 fully saturated rings. The maximum absolute atomic E-state index is 5.14. The summed E-state index contributed by atoms with van der Waals surface area (Å²) < 4.78 is 5.14. The summed E-state index contributed by atoms with van der Waals surface area (Å²) in [6, 6.07) is 10.5. The molecule has 0 amide bonds. The van der Waals surface area contributed by atoms with Crippen LogP contribution >= 0.6 is 15.9 Å². The molecule has 0 radical (unpaired) electrons. The number of rotatable bonds is 5. The van der Waals surface area contributed by atoms with Crippen molar-refractivity contribution in [2.24, 2.45) is 5.92 Å². The monoisotopic (exact) mass is 242 g/mol. The van der Waals surface area contributed by atoms with Crippen LogP contribution < -0.4 is 0 Å². The Kier molecular flexibility index (Phi) is 5.09. The molecule has 0 aliphatic rings. The molecule has 0 bridgehead atoms. The van der Waals surface area contributed by atoms with Gasteiger partial charge in [-0.1, -0.05) is 46.3 Å². The Morgan fingerprint density at radius 3 is 2.54 bits per heavy atom. The molecule has 0 saturated carbocycles. The molecular weight excluding hydrogens is 228 g/mol. The Bertz CT molecular complexity index is 223. The van der Waals surface area contributed by atoms with E-state index in [1.807, 2.05) is 6.07 Å². The molecule has 1 rings (SSSR count). The van der Waals surface area contributed by atoms with E-state index >= 15 is 0 Å².